The summed E-state index contributed by atoms with van der Waals surface area (Å²) in [5.41, 5.74) is 0. The second kappa shape index (κ2) is 6.83. The molecule has 1 N–H and O–H groups in total. The van der Waals surface area contributed by atoms with Crippen molar-refractivity contribution in [3.63, 3.8) is 0 Å². The van der Waals surface area contributed by atoms with Gasteiger partial charge in [0.05, 0.1) is 12.6 Å². The minimum absolute atomic E-state index is 0.253. The molecule has 0 spiro atoms. The molecule has 1 aliphatic carbocycles. The molecule has 1 saturated carbocycles. The van der Waals surface area contributed by atoms with Gasteiger partial charge in [-0.3, -0.25) is 4.90 Å². The zero-order chi connectivity index (χ0) is 14.7. The number of aryl methyl sites for hydroxylation is 1. The van der Waals surface area contributed by atoms with Crippen molar-refractivity contribution in [2.75, 3.05) is 6.61 Å². The molecular formula is C15H27N5O. The summed E-state index contributed by atoms with van der Waals surface area (Å²) >= 11 is 0. The largest absolute Gasteiger partial charge is 0.395 e. The van der Waals surface area contributed by atoms with Crippen molar-refractivity contribution in [2.45, 2.75) is 83.0 Å². The molecule has 2 atom stereocenters. The number of tetrazole rings is 1. The zero-order valence-corrected chi connectivity index (χ0v) is 13.0. The highest BCUT2D eigenvalue weighted by Crippen LogP contribution is 2.40. The van der Waals surface area contributed by atoms with Crippen molar-refractivity contribution in [1.29, 1.82) is 0 Å². The molecule has 2 heterocycles. The van der Waals surface area contributed by atoms with Crippen molar-refractivity contribution in [3.8, 4) is 0 Å². The van der Waals surface area contributed by atoms with E-state index in [1.54, 1.807) is 0 Å². The molecule has 0 radical (unpaired) electrons. The predicted octanol–water partition coefficient (Wildman–Crippen LogP) is 1.91. The molecule has 1 aliphatic heterocycles. The minimum Gasteiger partial charge on any atom is -0.395 e. The SMILES string of the molecule is CCCCn1nnnc1[C@@H]1CC[C@@H](CO)N1C1CCCC1. The topological polar surface area (TPSA) is 67.1 Å². The highest BCUT2D eigenvalue weighted by Gasteiger charge is 2.41. The Bertz CT molecular complexity index is 443. The van der Waals surface area contributed by atoms with Gasteiger partial charge in [0.25, 0.3) is 0 Å². The average Bonchev–Trinajstić information content (AvgIpc) is 3.22. The maximum absolute atomic E-state index is 9.72. The number of hydrogen-bond acceptors (Lipinski definition) is 5. The van der Waals surface area contributed by atoms with Gasteiger partial charge in [0.15, 0.2) is 5.82 Å². The van der Waals surface area contributed by atoms with E-state index >= 15 is 0 Å². The first-order chi connectivity index (χ1) is 10.3. The van der Waals surface area contributed by atoms with Crippen LogP contribution in [0.4, 0.5) is 0 Å². The van der Waals surface area contributed by atoms with Gasteiger partial charge in [-0.2, -0.15) is 0 Å². The van der Waals surface area contributed by atoms with Crippen LogP contribution in [0.2, 0.25) is 0 Å². The lowest BCUT2D eigenvalue weighted by Crippen LogP contribution is -2.41. The van der Waals surface area contributed by atoms with Crippen LogP contribution in [0, 0.1) is 0 Å². The van der Waals surface area contributed by atoms with E-state index < -0.39 is 0 Å². The van der Waals surface area contributed by atoms with E-state index in [0.717, 1.165) is 38.1 Å². The fourth-order valence-electron chi connectivity index (χ4n) is 4.02. The standard InChI is InChI=1S/C15H27N5O/c1-2-3-10-19-15(16-17-18-19)14-9-8-13(11-21)20(14)12-6-4-5-7-12/h12-14,21H,2-11H2,1H3/t13-,14-/m0/s1. The molecule has 6 nitrogen and oxygen atoms in total. The van der Waals surface area contributed by atoms with Crippen LogP contribution in [0.25, 0.3) is 0 Å². The minimum atomic E-state index is 0.253. The number of aliphatic hydroxyl groups excluding tert-OH is 1. The van der Waals surface area contributed by atoms with E-state index in [-0.39, 0.29) is 18.7 Å². The Balaban J connectivity index is 1.80. The molecule has 0 bridgehead atoms. The van der Waals surface area contributed by atoms with E-state index in [0.29, 0.717) is 6.04 Å². The Labute approximate surface area is 126 Å². The van der Waals surface area contributed by atoms with Crippen LogP contribution < -0.4 is 0 Å². The monoisotopic (exact) mass is 293 g/mol. The Hall–Kier alpha value is -1.01. The molecule has 1 aromatic rings. The predicted molar refractivity (Wildman–Crippen MR) is 79.7 cm³/mol. The Kier molecular flexibility index (Phi) is 4.85. The first-order valence-electron chi connectivity index (χ1n) is 8.49. The second-order valence-corrected chi connectivity index (χ2v) is 6.43. The van der Waals surface area contributed by atoms with E-state index in [1.165, 1.54) is 25.7 Å². The summed E-state index contributed by atoms with van der Waals surface area (Å²) in [4.78, 5) is 2.53. The summed E-state index contributed by atoms with van der Waals surface area (Å²) in [6, 6.07) is 1.18. The van der Waals surface area contributed by atoms with Gasteiger partial charge in [0.2, 0.25) is 0 Å². The molecule has 2 fully saturated rings. The van der Waals surface area contributed by atoms with Crippen molar-refractivity contribution < 1.29 is 5.11 Å². The quantitative estimate of drug-likeness (QED) is 0.868. The smallest absolute Gasteiger partial charge is 0.168 e. The molecule has 118 valence electrons. The van der Waals surface area contributed by atoms with Crippen molar-refractivity contribution in [3.05, 3.63) is 5.82 Å². The second-order valence-electron chi connectivity index (χ2n) is 6.43. The number of nitrogens with zero attached hydrogens (tertiary/aromatic N) is 5. The number of rotatable bonds is 6. The van der Waals surface area contributed by atoms with Gasteiger partial charge in [0.1, 0.15) is 0 Å². The molecule has 1 aromatic heterocycles. The van der Waals surface area contributed by atoms with Gasteiger partial charge in [-0.1, -0.05) is 26.2 Å². The van der Waals surface area contributed by atoms with Gasteiger partial charge in [-0.05, 0) is 42.5 Å². The normalized spacial score (nSPS) is 27.7. The summed E-state index contributed by atoms with van der Waals surface area (Å²) in [6.07, 6.45) is 9.51. The van der Waals surface area contributed by atoms with E-state index in [1.807, 2.05) is 4.68 Å². The van der Waals surface area contributed by atoms with E-state index in [2.05, 4.69) is 27.3 Å². The van der Waals surface area contributed by atoms with Crippen LogP contribution in [-0.4, -0.2) is 48.9 Å². The molecule has 6 heteroatoms. The molecule has 3 rings (SSSR count). The van der Waals surface area contributed by atoms with Gasteiger partial charge in [-0.25, -0.2) is 4.68 Å². The van der Waals surface area contributed by atoms with Crippen LogP contribution in [0.5, 0.6) is 0 Å². The third-order valence-corrected chi connectivity index (χ3v) is 5.09. The van der Waals surface area contributed by atoms with Crippen LogP contribution in [0.3, 0.4) is 0 Å². The molecule has 0 amide bonds. The summed E-state index contributed by atoms with van der Waals surface area (Å²) in [6.45, 7) is 3.34. The summed E-state index contributed by atoms with van der Waals surface area (Å²) in [7, 11) is 0. The highest BCUT2D eigenvalue weighted by atomic mass is 16.3. The third kappa shape index (κ3) is 2.97. The van der Waals surface area contributed by atoms with Crippen LogP contribution in [0.15, 0.2) is 0 Å². The lowest BCUT2D eigenvalue weighted by atomic mass is 10.1. The molecule has 21 heavy (non-hydrogen) atoms. The lowest BCUT2D eigenvalue weighted by Gasteiger charge is -2.34. The first kappa shape index (κ1) is 14.9. The van der Waals surface area contributed by atoms with E-state index in [9.17, 15) is 5.11 Å². The first-order valence-corrected chi connectivity index (χ1v) is 8.49. The van der Waals surface area contributed by atoms with Gasteiger partial charge in [-0.15, -0.1) is 5.10 Å². The maximum Gasteiger partial charge on any atom is 0.168 e. The number of hydrogen-bond donors (Lipinski definition) is 1. The van der Waals surface area contributed by atoms with Crippen molar-refractivity contribution in [1.82, 2.24) is 25.1 Å². The Morgan fingerprint density at radius 3 is 2.71 bits per heavy atom. The van der Waals surface area contributed by atoms with E-state index in [4.69, 9.17) is 0 Å². The van der Waals surface area contributed by atoms with Gasteiger partial charge >= 0.3 is 0 Å². The fraction of sp³-hybridized carbons (Fsp3) is 0.933. The Morgan fingerprint density at radius 2 is 2.00 bits per heavy atom. The molecule has 0 unspecified atom stereocenters. The summed E-state index contributed by atoms with van der Waals surface area (Å²) < 4.78 is 1.98. The summed E-state index contributed by atoms with van der Waals surface area (Å²) in [5, 5.41) is 22.1. The molecule has 0 aromatic carbocycles. The Morgan fingerprint density at radius 1 is 1.19 bits per heavy atom. The maximum atomic E-state index is 9.72. The molecule has 2 aliphatic rings. The van der Waals surface area contributed by atoms with Gasteiger partial charge < -0.3 is 5.11 Å². The highest BCUT2D eigenvalue weighted by molar-refractivity contribution is 5.03. The molecule has 1 saturated heterocycles. The van der Waals surface area contributed by atoms with Crippen molar-refractivity contribution >= 4 is 0 Å². The van der Waals surface area contributed by atoms with Crippen LogP contribution in [-0.2, 0) is 6.54 Å². The van der Waals surface area contributed by atoms with Crippen LogP contribution >= 0.6 is 0 Å². The number of aliphatic hydroxyl groups is 1. The van der Waals surface area contributed by atoms with Gasteiger partial charge in [0, 0.05) is 18.6 Å². The van der Waals surface area contributed by atoms with Crippen molar-refractivity contribution in [2.24, 2.45) is 0 Å². The molecular weight excluding hydrogens is 266 g/mol. The number of aromatic nitrogens is 4. The third-order valence-electron chi connectivity index (χ3n) is 5.09. The fourth-order valence-corrected chi connectivity index (χ4v) is 4.02. The summed E-state index contributed by atoms with van der Waals surface area (Å²) in [5.74, 6) is 1.01. The number of unbranched alkanes of at least 4 members (excludes halogenated alkanes) is 1. The zero-order valence-electron chi connectivity index (χ0n) is 13.0. The van der Waals surface area contributed by atoms with Crippen LogP contribution in [0.1, 0.15) is 70.2 Å². The number of likely N-dealkylation sites (tertiary alicyclic amines) is 1. The lowest BCUT2D eigenvalue weighted by molar-refractivity contribution is 0.0819. The average molecular weight is 293 g/mol.